The van der Waals surface area contributed by atoms with E-state index in [1.165, 1.54) is 11.8 Å². The Morgan fingerprint density at radius 2 is 2.21 bits per heavy atom. The molecule has 98 valence electrons. The summed E-state index contributed by atoms with van der Waals surface area (Å²) in [5.74, 6) is 0.805. The zero-order valence-corrected chi connectivity index (χ0v) is 11.6. The Morgan fingerprint density at radius 3 is 3.00 bits per heavy atom. The van der Waals surface area contributed by atoms with Gasteiger partial charge in [0.2, 0.25) is 6.29 Å². The minimum absolute atomic E-state index is 0.425. The second kappa shape index (κ2) is 5.19. The number of aromatic nitrogens is 2. The molecule has 2 aromatic rings. The largest absolute Gasteiger partial charge is 0.460 e. The van der Waals surface area contributed by atoms with Gasteiger partial charge in [0.05, 0.1) is 11.3 Å². The van der Waals surface area contributed by atoms with Crippen molar-refractivity contribution in [3.63, 3.8) is 0 Å². The molecule has 0 unspecified atom stereocenters. The second-order valence-electron chi connectivity index (χ2n) is 4.06. The van der Waals surface area contributed by atoms with Gasteiger partial charge in [-0.1, -0.05) is 23.9 Å². The van der Waals surface area contributed by atoms with Crippen molar-refractivity contribution in [3.8, 4) is 17.0 Å². The average Bonchev–Trinajstić information content (AvgIpc) is 2.47. The van der Waals surface area contributed by atoms with E-state index in [0.29, 0.717) is 6.61 Å². The van der Waals surface area contributed by atoms with Crippen molar-refractivity contribution in [2.45, 2.75) is 18.4 Å². The topological polar surface area (TPSA) is 44.2 Å². The number of nitrogens with zero attached hydrogens (tertiary/aromatic N) is 2. The van der Waals surface area contributed by atoms with Crippen LogP contribution >= 0.6 is 11.8 Å². The summed E-state index contributed by atoms with van der Waals surface area (Å²) >= 11 is 1.53. The number of benzene rings is 1. The summed E-state index contributed by atoms with van der Waals surface area (Å²) < 4.78 is 11.5. The molecule has 2 heterocycles. The molecular weight excluding hydrogens is 260 g/mol. The van der Waals surface area contributed by atoms with E-state index in [9.17, 15) is 0 Å². The Balaban J connectivity index is 2.16. The van der Waals surface area contributed by atoms with Gasteiger partial charge in [-0.3, -0.25) is 0 Å². The average molecular weight is 274 g/mol. The highest BCUT2D eigenvalue weighted by atomic mass is 32.2. The van der Waals surface area contributed by atoms with Crippen molar-refractivity contribution in [1.82, 2.24) is 9.97 Å². The Bertz CT molecular complexity index is 604. The van der Waals surface area contributed by atoms with E-state index in [1.54, 1.807) is 6.20 Å². The Labute approximate surface area is 116 Å². The van der Waals surface area contributed by atoms with E-state index in [-0.39, 0.29) is 0 Å². The number of ether oxygens (including phenoxy) is 2. The van der Waals surface area contributed by atoms with E-state index < -0.39 is 6.29 Å². The number of para-hydroxylation sites is 1. The molecule has 0 radical (unpaired) electrons. The molecule has 0 saturated carbocycles. The van der Waals surface area contributed by atoms with Crippen LogP contribution in [0.3, 0.4) is 0 Å². The van der Waals surface area contributed by atoms with Crippen LogP contribution in [0.25, 0.3) is 11.3 Å². The van der Waals surface area contributed by atoms with Crippen molar-refractivity contribution in [2.24, 2.45) is 0 Å². The van der Waals surface area contributed by atoms with E-state index in [2.05, 4.69) is 9.97 Å². The zero-order chi connectivity index (χ0) is 13.2. The van der Waals surface area contributed by atoms with Gasteiger partial charge in [-0.05, 0) is 25.3 Å². The molecule has 0 N–H and O–H groups in total. The second-order valence-corrected chi connectivity index (χ2v) is 4.84. The number of hydrogen-bond acceptors (Lipinski definition) is 5. The molecule has 0 amide bonds. The smallest absolute Gasteiger partial charge is 0.230 e. The van der Waals surface area contributed by atoms with E-state index in [1.807, 2.05) is 37.4 Å². The lowest BCUT2D eigenvalue weighted by Crippen LogP contribution is -2.18. The first-order valence-electron chi connectivity index (χ1n) is 6.12. The van der Waals surface area contributed by atoms with E-state index >= 15 is 0 Å². The summed E-state index contributed by atoms with van der Waals surface area (Å²) in [6.45, 7) is 2.53. The third-order valence-corrected chi connectivity index (χ3v) is 3.49. The highest BCUT2D eigenvalue weighted by molar-refractivity contribution is 7.98. The maximum absolute atomic E-state index is 5.86. The molecule has 5 heteroatoms. The fraction of sp³-hybridized carbons (Fsp3) is 0.286. The van der Waals surface area contributed by atoms with Crippen LogP contribution in [0, 0.1) is 0 Å². The molecule has 1 atom stereocenters. The number of hydrogen-bond donors (Lipinski definition) is 0. The van der Waals surface area contributed by atoms with Crippen LogP contribution in [0.5, 0.6) is 5.75 Å². The summed E-state index contributed by atoms with van der Waals surface area (Å²) in [4.78, 5) is 8.91. The molecule has 0 saturated heterocycles. The van der Waals surface area contributed by atoms with Gasteiger partial charge in [0.1, 0.15) is 5.75 Å². The summed E-state index contributed by atoms with van der Waals surface area (Å²) in [6.07, 6.45) is 3.34. The SMILES string of the molecule is CCO[C@H]1Oc2ccccc2-c2nc(SC)ncc21. The third kappa shape index (κ3) is 2.19. The standard InChI is InChI=1S/C14H14N2O2S/c1-3-17-13-10-8-15-14(19-2)16-12(10)9-6-4-5-7-11(9)18-13/h4-8,13H,3H2,1-2H3/t13-/m0/s1. The molecule has 4 nitrogen and oxygen atoms in total. The van der Waals surface area contributed by atoms with Gasteiger partial charge in [-0.2, -0.15) is 0 Å². The summed E-state index contributed by atoms with van der Waals surface area (Å²) in [6, 6.07) is 7.87. The third-order valence-electron chi connectivity index (χ3n) is 2.93. The number of fused-ring (bicyclic) bond motifs is 3. The first kappa shape index (κ1) is 12.4. The molecule has 0 fully saturated rings. The summed E-state index contributed by atoms with van der Waals surface area (Å²) in [5, 5.41) is 0.755. The fourth-order valence-electron chi connectivity index (χ4n) is 2.08. The van der Waals surface area contributed by atoms with Gasteiger partial charge in [0.15, 0.2) is 5.16 Å². The molecule has 1 aromatic carbocycles. The van der Waals surface area contributed by atoms with E-state index in [4.69, 9.17) is 9.47 Å². The lowest BCUT2D eigenvalue weighted by molar-refractivity contribution is -0.0806. The number of rotatable bonds is 3. The van der Waals surface area contributed by atoms with E-state index in [0.717, 1.165) is 27.7 Å². The molecular formula is C14H14N2O2S. The van der Waals surface area contributed by atoms with Gasteiger partial charge < -0.3 is 9.47 Å². The van der Waals surface area contributed by atoms with Crippen molar-refractivity contribution in [1.29, 1.82) is 0 Å². The van der Waals surface area contributed by atoms with Crippen molar-refractivity contribution < 1.29 is 9.47 Å². The highest BCUT2D eigenvalue weighted by Gasteiger charge is 2.28. The van der Waals surface area contributed by atoms with Crippen LogP contribution in [-0.4, -0.2) is 22.8 Å². The maximum Gasteiger partial charge on any atom is 0.230 e. The predicted octanol–water partition coefficient (Wildman–Crippen LogP) is 3.29. The summed E-state index contributed by atoms with van der Waals surface area (Å²) in [7, 11) is 0. The van der Waals surface area contributed by atoms with Gasteiger partial charge in [-0.15, -0.1) is 0 Å². The van der Waals surface area contributed by atoms with Crippen molar-refractivity contribution >= 4 is 11.8 Å². The normalized spacial score (nSPS) is 16.4. The van der Waals surface area contributed by atoms with Crippen LogP contribution < -0.4 is 4.74 Å². The molecule has 0 spiro atoms. The Kier molecular flexibility index (Phi) is 3.40. The van der Waals surface area contributed by atoms with Crippen molar-refractivity contribution in [3.05, 3.63) is 36.0 Å². The Hall–Kier alpha value is -1.59. The first-order chi connectivity index (χ1) is 9.33. The van der Waals surface area contributed by atoms with Gasteiger partial charge in [0, 0.05) is 18.4 Å². The Morgan fingerprint density at radius 1 is 1.37 bits per heavy atom. The van der Waals surface area contributed by atoms with Gasteiger partial charge >= 0.3 is 0 Å². The van der Waals surface area contributed by atoms with Crippen LogP contribution in [-0.2, 0) is 4.74 Å². The molecule has 3 rings (SSSR count). The minimum atomic E-state index is -0.425. The molecule has 0 aliphatic carbocycles. The first-order valence-corrected chi connectivity index (χ1v) is 7.34. The highest BCUT2D eigenvalue weighted by Crippen LogP contribution is 2.41. The summed E-state index contributed by atoms with van der Waals surface area (Å²) in [5.41, 5.74) is 2.78. The van der Waals surface area contributed by atoms with Gasteiger partial charge in [-0.25, -0.2) is 9.97 Å². The van der Waals surface area contributed by atoms with Crippen molar-refractivity contribution in [2.75, 3.05) is 12.9 Å². The number of thioether (sulfide) groups is 1. The molecule has 1 aliphatic heterocycles. The molecule has 1 aliphatic rings. The minimum Gasteiger partial charge on any atom is -0.460 e. The molecule has 1 aromatic heterocycles. The van der Waals surface area contributed by atoms with Crippen LogP contribution in [0.2, 0.25) is 0 Å². The molecule has 19 heavy (non-hydrogen) atoms. The quantitative estimate of drug-likeness (QED) is 0.634. The van der Waals surface area contributed by atoms with Crippen LogP contribution in [0.1, 0.15) is 18.8 Å². The predicted molar refractivity (Wildman–Crippen MR) is 74.2 cm³/mol. The monoisotopic (exact) mass is 274 g/mol. The van der Waals surface area contributed by atoms with Crippen LogP contribution in [0.4, 0.5) is 0 Å². The maximum atomic E-state index is 5.86. The lowest BCUT2D eigenvalue weighted by atomic mass is 10.0. The lowest BCUT2D eigenvalue weighted by Gasteiger charge is -2.27. The molecule has 0 bridgehead atoms. The van der Waals surface area contributed by atoms with Gasteiger partial charge in [0.25, 0.3) is 0 Å². The zero-order valence-electron chi connectivity index (χ0n) is 10.8. The fourth-order valence-corrected chi connectivity index (χ4v) is 2.42. The van der Waals surface area contributed by atoms with Crippen LogP contribution in [0.15, 0.2) is 35.6 Å².